The lowest BCUT2D eigenvalue weighted by molar-refractivity contribution is -0.167. The van der Waals surface area contributed by atoms with Gasteiger partial charge in [-0.1, -0.05) is 276 Å². The number of rotatable bonds is 53. The molecule has 0 aromatic carbocycles. The van der Waals surface area contributed by atoms with Gasteiger partial charge < -0.3 is 14.2 Å². The van der Waals surface area contributed by atoms with Crippen molar-refractivity contribution >= 4 is 17.9 Å². The first-order chi connectivity index (χ1) is 32.5. The Balaban J connectivity index is 4.29. The van der Waals surface area contributed by atoms with E-state index in [1.54, 1.807) is 0 Å². The molecule has 0 N–H and O–H groups in total. The molecule has 0 radical (unpaired) electrons. The minimum atomic E-state index is -0.769. The molecule has 0 aromatic heterocycles. The van der Waals surface area contributed by atoms with E-state index in [-0.39, 0.29) is 31.1 Å². The van der Waals surface area contributed by atoms with E-state index < -0.39 is 6.10 Å². The second kappa shape index (κ2) is 55.2. The van der Waals surface area contributed by atoms with Crippen LogP contribution in [0, 0.1) is 0 Å². The van der Waals surface area contributed by atoms with Crippen molar-refractivity contribution in [1.29, 1.82) is 0 Å². The van der Waals surface area contributed by atoms with Crippen LogP contribution in [-0.4, -0.2) is 37.2 Å². The number of esters is 3. The lowest BCUT2D eigenvalue weighted by atomic mass is 10.0. The van der Waals surface area contributed by atoms with E-state index in [2.05, 4.69) is 57.2 Å². The molecule has 0 amide bonds. The third kappa shape index (κ3) is 52.6. The molecule has 6 heteroatoms. The smallest absolute Gasteiger partial charge is 0.306 e. The van der Waals surface area contributed by atoms with E-state index in [0.29, 0.717) is 19.3 Å². The third-order valence-corrected chi connectivity index (χ3v) is 12.9. The minimum Gasteiger partial charge on any atom is -0.462 e. The summed E-state index contributed by atoms with van der Waals surface area (Å²) in [6, 6.07) is 0. The van der Waals surface area contributed by atoms with Gasteiger partial charge in [0.2, 0.25) is 0 Å². The maximum Gasteiger partial charge on any atom is 0.306 e. The van der Waals surface area contributed by atoms with Gasteiger partial charge in [0.1, 0.15) is 13.2 Å². The summed E-state index contributed by atoms with van der Waals surface area (Å²) in [7, 11) is 0. The van der Waals surface area contributed by atoms with Gasteiger partial charge >= 0.3 is 17.9 Å². The Bertz CT molecular complexity index is 1110. The molecule has 0 aliphatic heterocycles. The Morgan fingerprint density at radius 3 is 0.924 bits per heavy atom. The highest BCUT2D eigenvalue weighted by Crippen LogP contribution is 2.17. The molecular formula is C60H110O6. The largest absolute Gasteiger partial charge is 0.462 e. The Morgan fingerprint density at radius 2 is 0.591 bits per heavy atom. The molecule has 386 valence electrons. The molecule has 0 saturated heterocycles. The summed E-state index contributed by atoms with van der Waals surface area (Å²) in [6.45, 7) is 6.56. The topological polar surface area (TPSA) is 78.9 Å². The first-order valence-electron chi connectivity index (χ1n) is 29.0. The van der Waals surface area contributed by atoms with Crippen molar-refractivity contribution in [1.82, 2.24) is 0 Å². The summed E-state index contributed by atoms with van der Waals surface area (Å²) in [6.07, 6.45) is 65.6. The molecule has 0 spiro atoms. The maximum atomic E-state index is 12.9. The van der Waals surface area contributed by atoms with E-state index in [9.17, 15) is 14.4 Å². The molecular weight excluding hydrogens is 817 g/mol. The number of unbranched alkanes of at least 4 members (excludes halogenated alkanes) is 36. The summed E-state index contributed by atoms with van der Waals surface area (Å²) < 4.78 is 16.9. The first-order valence-corrected chi connectivity index (χ1v) is 29.0. The molecule has 0 heterocycles. The van der Waals surface area contributed by atoms with Crippen LogP contribution in [0.2, 0.25) is 0 Å². The number of allylic oxidation sites excluding steroid dienone is 6. The number of carbonyl (C=O) groups excluding carboxylic acids is 3. The molecule has 0 aliphatic carbocycles. The molecule has 0 saturated carbocycles. The zero-order chi connectivity index (χ0) is 47.9. The first kappa shape index (κ1) is 63.6. The molecule has 1 unspecified atom stereocenters. The molecule has 1 atom stereocenters. The fraction of sp³-hybridized carbons (Fsp3) is 0.850. The quantitative estimate of drug-likeness (QED) is 0.0262. The van der Waals surface area contributed by atoms with Crippen molar-refractivity contribution in [3.8, 4) is 0 Å². The van der Waals surface area contributed by atoms with Crippen molar-refractivity contribution in [3.05, 3.63) is 36.5 Å². The lowest BCUT2D eigenvalue weighted by Crippen LogP contribution is -2.30. The van der Waals surface area contributed by atoms with Gasteiger partial charge in [0.05, 0.1) is 0 Å². The highest BCUT2D eigenvalue weighted by atomic mass is 16.6. The number of hydrogen-bond donors (Lipinski definition) is 0. The van der Waals surface area contributed by atoms with Crippen LogP contribution in [0.4, 0.5) is 0 Å². The van der Waals surface area contributed by atoms with Crippen LogP contribution in [0.5, 0.6) is 0 Å². The Kier molecular flexibility index (Phi) is 53.2. The molecule has 66 heavy (non-hydrogen) atoms. The van der Waals surface area contributed by atoms with Crippen molar-refractivity contribution < 1.29 is 28.6 Å². The second-order valence-electron chi connectivity index (χ2n) is 19.5. The molecule has 0 bridgehead atoms. The van der Waals surface area contributed by atoms with Crippen molar-refractivity contribution in [3.63, 3.8) is 0 Å². The molecule has 0 aliphatic rings. The molecule has 0 aromatic rings. The monoisotopic (exact) mass is 927 g/mol. The van der Waals surface area contributed by atoms with Crippen molar-refractivity contribution in [2.75, 3.05) is 13.2 Å². The van der Waals surface area contributed by atoms with Crippen LogP contribution in [0.15, 0.2) is 36.5 Å². The van der Waals surface area contributed by atoms with Gasteiger partial charge in [-0.25, -0.2) is 0 Å². The summed E-state index contributed by atoms with van der Waals surface area (Å²) >= 11 is 0. The van der Waals surface area contributed by atoms with Crippen LogP contribution in [-0.2, 0) is 28.6 Å². The fourth-order valence-electron chi connectivity index (χ4n) is 8.58. The van der Waals surface area contributed by atoms with Gasteiger partial charge in [-0.05, 0) is 51.4 Å². The predicted octanol–water partition coefficient (Wildman–Crippen LogP) is 19.3. The molecule has 0 fully saturated rings. The Morgan fingerprint density at radius 1 is 0.318 bits per heavy atom. The number of hydrogen-bond acceptors (Lipinski definition) is 6. The standard InChI is InChI=1S/C60H110O6/c1-4-7-10-13-16-19-22-24-26-28-30-32-33-35-38-41-44-47-50-53-59(62)65-56-57(55-64-58(61)52-49-46-43-40-37-21-18-15-12-9-6-3)66-60(63)54-51-48-45-42-39-36-34-31-29-27-25-23-20-17-14-11-8-5-2/h7,10,16,19,24,26,57H,4-6,8-9,11-15,17-18,20-23,25,27-56H2,1-3H3/b10-7-,19-16-,26-24-. The second-order valence-corrected chi connectivity index (χ2v) is 19.5. The summed E-state index contributed by atoms with van der Waals surface area (Å²) in [5.74, 6) is -0.856. The van der Waals surface area contributed by atoms with Gasteiger partial charge in [0.25, 0.3) is 0 Å². The van der Waals surface area contributed by atoms with Crippen LogP contribution >= 0.6 is 0 Å². The van der Waals surface area contributed by atoms with Crippen LogP contribution in [0.3, 0.4) is 0 Å². The van der Waals surface area contributed by atoms with Crippen molar-refractivity contribution in [2.45, 2.75) is 316 Å². The highest BCUT2D eigenvalue weighted by molar-refractivity contribution is 5.71. The highest BCUT2D eigenvalue weighted by Gasteiger charge is 2.19. The average molecular weight is 928 g/mol. The van der Waals surface area contributed by atoms with Gasteiger partial charge in [0, 0.05) is 19.3 Å². The van der Waals surface area contributed by atoms with Crippen LogP contribution in [0.25, 0.3) is 0 Å². The fourth-order valence-corrected chi connectivity index (χ4v) is 8.58. The van der Waals surface area contributed by atoms with E-state index in [1.807, 2.05) is 0 Å². The lowest BCUT2D eigenvalue weighted by Gasteiger charge is -2.18. The normalized spacial score (nSPS) is 12.2. The van der Waals surface area contributed by atoms with E-state index >= 15 is 0 Å². The Hall–Kier alpha value is -2.37. The third-order valence-electron chi connectivity index (χ3n) is 12.9. The van der Waals surface area contributed by atoms with Gasteiger partial charge in [-0.3, -0.25) is 14.4 Å². The minimum absolute atomic E-state index is 0.0687. The summed E-state index contributed by atoms with van der Waals surface area (Å²) in [4.78, 5) is 38.1. The zero-order valence-electron chi connectivity index (χ0n) is 44.2. The predicted molar refractivity (Wildman–Crippen MR) is 284 cm³/mol. The molecule has 6 nitrogen and oxygen atoms in total. The summed E-state index contributed by atoms with van der Waals surface area (Å²) in [5, 5.41) is 0. The average Bonchev–Trinajstić information content (AvgIpc) is 3.31. The maximum absolute atomic E-state index is 12.9. The van der Waals surface area contributed by atoms with Crippen LogP contribution in [0.1, 0.15) is 310 Å². The number of carbonyl (C=O) groups is 3. The van der Waals surface area contributed by atoms with E-state index in [4.69, 9.17) is 14.2 Å². The van der Waals surface area contributed by atoms with E-state index in [0.717, 1.165) is 77.0 Å². The summed E-state index contributed by atoms with van der Waals surface area (Å²) in [5.41, 5.74) is 0. The van der Waals surface area contributed by atoms with Gasteiger partial charge in [0.15, 0.2) is 6.10 Å². The van der Waals surface area contributed by atoms with Crippen molar-refractivity contribution in [2.24, 2.45) is 0 Å². The Labute approximate surface area is 410 Å². The zero-order valence-corrected chi connectivity index (χ0v) is 44.2. The van der Waals surface area contributed by atoms with E-state index in [1.165, 1.54) is 193 Å². The molecule has 0 rings (SSSR count). The van der Waals surface area contributed by atoms with Crippen LogP contribution < -0.4 is 0 Å². The SMILES string of the molecule is CC/C=C\C/C=C\C/C=C\CCCCCCCCCCCC(=O)OCC(COC(=O)CCCCCCCCCCCCC)OC(=O)CCCCCCCCCCCCCCCCCCCC. The van der Waals surface area contributed by atoms with Gasteiger partial charge in [-0.2, -0.15) is 0 Å². The number of ether oxygens (including phenoxy) is 3. The van der Waals surface area contributed by atoms with Gasteiger partial charge in [-0.15, -0.1) is 0 Å².